The molecule has 0 aliphatic carbocycles. The van der Waals surface area contributed by atoms with Gasteiger partial charge in [0.25, 0.3) is 0 Å². The van der Waals surface area contributed by atoms with Crippen molar-refractivity contribution < 1.29 is 0 Å². The summed E-state index contributed by atoms with van der Waals surface area (Å²) in [6.07, 6.45) is 6.99. The first-order chi connectivity index (χ1) is 8.42. The first-order valence-corrected chi connectivity index (χ1v) is 6.44. The van der Waals surface area contributed by atoms with E-state index in [1.165, 1.54) is 32.4 Å². The first-order valence-electron chi connectivity index (χ1n) is 6.44. The summed E-state index contributed by atoms with van der Waals surface area (Å²) in [7, 11) is 0. The van der Waals surface area contributed by atoms with Crippen LogP contribution in [0.2, 0.25) is 0 Å². The van der Waals surface area contributed by atoms with Crippen molar-refractivity contribution in [3.05, 3.63) is 30.2 Å². The number of hydrogen-bond donors (Lipinski definition) is 0. The number of hydrogen-bond acceptors (Lipinski definition) is 3. The van der Waals surface area contributed by atoms with Gasteiger partial charge in [-0.3, -0.25) is 0 Å². The van der Waals surface area contributed by atoms with Crippen LogP contribution in [0.3, 0.4) is 0 Å². The molecule has 2 aromatic rings. The lowest BCUT2D eigenvalue weighted by Crippen LogP contribution is -2.31. The minimum Gasteiger partial charge on any atom is -0.303 e. The van der Waals surface area contributed by atoms with Crippen LogP contribution in [0.25, 0.3) is 5.65 Å². The molecule has 90 valence electrons. The summed E-state index contributed by atoms with van der Waals surface area (Å²) < 4.78 is 1.85. The third kappa shape index (κ3) is 2.47. The molecule has 3 rings (SSSR count). The van der Waals surface area contributed by atoms with Gasteiger partial charge in [0, 0.05) is 19.2 Å². The summed E-state index contributed by atoms with van der Waals surface area (Å²) >= 11 is 0. The molecule has 0 unspecified atom stereocenters. The van der Waals surface area contributed by atoms with Crippen molar-refractivity contribution in [3.63, 3.8) is 0 Å². The number of piperidine rings is 1. The van der Waals surface area contributed by atoms with E-state index in [-0.39, 0.29) is 0 Å². The van der Waals surface area contributed by atoms with E-state index in [4.69, 9.17) is 0 Å². The molecule has 17 heavy (non-hydrogen) atoms. The fraction of sp³-hybridized carbons (Fsp3) is 0.538. The summed E-state index contributed by atoms with van der Waals surface area (Å²) in [5.74, 6) is 0.960. The molecule has 0 radical (unpaired) electrons. The van der Waals surface area contributed by atoms with Crippen molar-refractivity contribution in [1.82, 2.24) is 19.5 Å². The van der Waals surface area contributed by atoms with E-state index in [0.717, 1.165) is 24.4 Å². The Balaban J connectivity index is 1.64. The average Bonchev–Trinajstić information content (AvgIpc) is 2.80. The van der Waals surface area contributed by atoms with Gasteiger partial charge in [0.15, 0.2) is 11.5 Å². The maximum Gasteiger partial charge on any atom is 0.155 e. The summed E-state index contributed by atoms with van der Waals surface area (Å²) in [6, 6.07) is 5.98. The highest BCUT2D eigenvalue weighted by atomic mass is 15.3. The molecular formula is C13H18N4. The normalized spacial score (nSPS) is 17.6. The second kappa shape index (κ2) is 4.84. The van der Waals surface area contributed by atoms with E-state index in [1.54, 1.807) is 0 Å². The highest BCUT2D eigenvalue weighted by Gasteiger charge is 2.11. The maximum absolute atomic E-state index is 4.52. The van der Waals surface area contributed by atoms with Crippen molar-refractivity contribution in [2.24, 2.45) is 0 Å². The molecule has 0 saturated carbocycles. The molecule has 0 atom stereocenters. The van der Waals surface area contributed by atoms with Gasteiger partial charge in [-0.05, 0) is 38.1 Å². The van der Waals surface area contributed by atoms with Crippen LogP contribution in [0.5, 0.6) is 0 Å². The van der Waals surface area contributed by atoms with E-state index >= 15 is 0 Å². The number of fused-ring (bicyclic) bond motifs is 1. The van der Waals surface area contributed by atoms with Gasteiger partial charge in [0.05, 0.1) is 0 Å². The van der Waals surface area contributed by atoms with Gasteiger partial charge >= 0.3 is 0 Å². The van der Waals surface area contributed by atoms with Crippen molar-refractivity contribution in [2.45, 2.75) is 25.7 Å². The van der Waals surface area contributed by atoms with E-state index in [0.29, 0.717) is 0 Å². The Morgan fingerprint density at radius 3 is 2.82 bits per heavy atom. The van der Waals surface area contributed by atoms with Crippen LogP contribution in [0.15, 0.2) is 24.4 Å². The Morgan fingerprint density at radius 2 is 2.00 bits per heavy atom. The van der Waals surface area contributed by atoms with Crippen LogP contribution < -0.4 is 0 Å². The van der Waals surface area contributed by atoms with Crippen LogP contribution >= 0.6 is 0 Å². The third-order valence-corrected chi connectivity index (χ3v) is 3.39. The Bertz CT molecular complexity index is 452. The molecule has 1 saturated heterocycles. The molecule has 0 bridgehead atoms. The minimum atomic E-state index is 0.946. The maximum atomic E-state index is 4.52. The van der Waals surface area contributed by atoms with Gasteiger partial charge in [-0.15, -0.1) is 0 Å². The number of pyridine rings is 1. The molecule has 4 nitrogen and oxygen atoms in total. The Morgan fingerprint density at radius 1 is 1.12 bits per heavy atom. The third-order valence-electron chi connectivity index (χ3n) is 3.39. The SMILES string of the molecule is c1ccn2nc(CCN3CCCCC3)nc2c1. The monoisotopic (exact) mass is 230 g/mol. The lowest BCUT2D eigenvalue weighted by atomic mass is 10.1. The molecule has 0 aromatic carbocycles. The Labute approximate surface area is 101 Å². The van der Waals surface area contributed by atoms with Gasteiger partial charge in [-0.25, -0.2) is 9.50 Å². The summed E-state index contributed by atoms with van der Waals surface area (Å²) in [5.41, 5.74) is 0.946. The largest absolute Gasteiger partial charge is 0.303 e. The van der Waals surface area contributed by atoms with E-state index in [9.17, 15) is 0 Å². The van der Waals surface area contributed by atoms with Crippen molar-refractivity contribution >= 4 is 5.65 Å². The van der Waals surface area contributed by atoms with Gasteiger partial charge in [0.1, 0.15) is 0 Å². The van der Waals surface area contributed by atoms with Crippen molar-refractivity contribution in [3.8, 4) is 0 Å². The van der Waals surface area contributed by atoms with E-state index < -0.39 is 0 Å². The van der Waals surface area contributed by atoms with Crippen LogP contribution in [-0.2, 0) is 6.42 Å². The topological polar surface area (TPSA) is 33.4 Å². The first kappa shape index (κ1) is 10.7. The lowest BCUT2D eigenvalue weighted by Gasteiger charge is -2.25. The lowest BCUT2D eigenvalue weighted by molar-refractivity contribution is 0.230. The highest BCUT2D eigenvalue weighted by Crippen LogP contribution is 2.09. The smallest absolute Gasteiger partial charge is 0.155 e. The quantitative estimate of drug-likeness (QED) is 0.805. The second-order valence-electron chi connectivity index (χ2n) is 4.68. The molecule has 3 heterocycles. The number of rotatable bonds is 3. The molecule has 1 aliphatic rings. The zero-order valence-corrected chi connectivity index (χ0v) is 10.0. The fourth-order valence-corrected chi connectivity index (χ4v) is 2.42. The Kier molecular flexibility index (Phi) is 3.05. The van der Waals surface area contributed by atoms with Gasteiger partial charge in [-0.1, -0.05) is 12.5 Å². The van der Waals surface area contributed by atoms with Gasteiger partial charge in [-0.2, -0.15) is 5.10 Å². The second-order valence-corrected chi connectivity index (χ2v) is 4.68. The van der Waals surface area contributed by atoms with E-state index in [1.807, 2.05) is 28.9 Å². The molecule has 1 aliphatic heterocycles. The van der Waals surface area contributed by atoms with Crippen molar-refractivity contribution in [2.75, 3.05) is 19.6 Å². The molecule has 0 spiro atoms. The van der Waals surface area contributed by atoms with E-state index in [2.05, 4.69) is 15.0 Å². The minimum absolute atomic E-state index is 0.946. The molecular weight excluding hydrogens is 212 g/mol. The van der Waals surface area contributed by atoms with Crippen LogP contribution in [0.1, 0.15) is 25.1 Å². The fourth-order valence-electron chi connectivity index (χ4n) is 2.42. The zero-order valence-electron chi connectivity index (χ0n) is 10.0. The zero-order chi connectivity index (χ0) is 11.5. The average molecular weight is 230 g/mol. The summed E-state index contributed by atoms with van der Waals surface area (Å²) in [5, 5.41) is 4.48. The van der Waals surface area contributed by atoms with Crippen LogP contribution in [0, 0.1) is 0 Å². The predicted octanol–water partition coefficient (Wildman–Crippen LogP) is 1.76. The number of nitrogens with zero attached hydrogens (tertiary/aromatic N) is 4. The predicted molar refractivity (Wildman–Crippen MR) is 67.0 cm³/mol. The van der Waals surface area contributed by atoms with Gasteiger partial charge in [0.2, 0.25) is 0 Å². The Hall–Kier alpha value is -1.42. The van der Waals surface area contributed by atoms with Crippen molar-refractivity contribution in [1.29, 1.82) is 0 Å². The van der Waals surface area contributed by atoms with Crippen LogP contribution in [0.4, 0.5) is 0 Å². The number of likely N-dealkylation sites (tertiary alicyclic amines) is 1. The highest BCUT2D eigenvalue weighted by molar-refractivity contribution is 5.36. The van der Waals surface area contributed by atoms with Crippen LogP contribution in [-0.4, -0.2) is 39.1 Å². The standard InChI is InChI=1S/C13H18N4/c1-3-8-16(9-4-1)11-7-12-14-13-6-2-5-10-17(13)15-12/h2,5-6,10H,1,3-4,7-9,11H2. The summed E-state index contributed by atoms with van der Waals surface area (Å²) in [6.45, 7) is 3.58. The molecule has 0 amide bonds. The van der Waals surface area contributed by atoms with Gasteiger partial charge < -0.3 is 4.90 Å². The molecule has 4 heteroatoms. The number of aromatic nitrogens is 3. The molecule has 1 fully saturated rings. The molecule has 2 aromatic heterocycles. The molecule has 0 N–H and O–H groups in total. The summed E-state index contributed by atoms with van der Waals surface area (Å²) in [4.78, 5) is 7.05.